The molecule has 158 valence electrons. The van der Waals surface area contributed by atoms with Crippen molar-refractivity contribution in [3.8, 4) is 0 Å². The lowest BCUT2D eigenvalue weighted by Gasteiger charge is -2.36. The standard InChI is InChI=1S/C25H30FN3O/c26-25(10-12-29(13-11-25)16-18-4-2-1-3-5-18)17-27-23-15-21(23)19-6-8-22-20(14-19)7-9-24(30)28-22/h1-6,8,14,21,23,27H,7,9-13,15-17H2,(H,28,30). The molecule has 30 heavy (non-hydrogen) atoms. The van der Waals surface area contributed by atoms with E-state index in [1.165, 1.54) is 16.7 Å². The van der Waals surface area contributed by atoms with Crippen molar-refractivity contribution in [3.05, 3.63) is 65.2 Å². The molecule has 4 nitrogen and oxygen atoms in total. The molecule has 1 saturated heterocycles. The van der Waals surface area contributed by atoms with E-state index >= 15 is 4.39 Å². The van der Waals surface area contributed by atoms with Gasteiger partial charge in [0.2, 0.25) is 5.91 Å². The van der Waals surface area contributed by atoms with Gasteiger partial charge in [-0.25, -0.2) is 4.39 Å². The molecule has 1 aliphatic carbocycles. The van der Waals surface area contributed by atoms with Crippen LogP contribution in [0.4, 0.5) is 10.1 Å². The molecule has 5 rings (SSSR count). The number of carbonyl (C=O) groups excluding carboxylic acids is 1. The Morgan fingerprint density at radius 3 is 2.70 bits per heavy atom. The van der Waals surface area contributed by atoms with Gasteiger partial charge in [0.25, 0.3) is 0 Å². The molecule has 0 spiro atoms. The molecule has 1 amide bonds. The minimum Gasteiger partial charge on any atom is -0.326 e. The molecule has 1 saturated carbocycles. The first-order valence-corrected chi connectivity index (χ1v) is 11.2. The number of nitrogens with one attached hydrogen (secondary N) is 2. The van der Waals surface area contributed by atoms with Crippen LogP contribution in [0.1, 0.15) is 48.3 Å². The van der Waals surface area contributed by atoms with Gasteiger partial charge in [-0.05, 0) is 48.4 Å². The Morgan fingerprint density at radius 2 is 1.90 bits per heavy atom. The van der Waals surface area contributed by atoms with Crippen LogP contribution in [0.25, 0.3) is 0 Å². The number of piperidine rings is 1. The first-order valence-electron chi connectivity index (χ1n) is 11.2. The Balaban J connectivity index is 1.10. The molecule has 0 radical (unpaired) electrons. The van der Waals surface area contributed by atoms with E-state index < -0.39 is 5.67 Å². The average molecular weight is 408 g/mol. The number of hydrogen-bond donors (Lipinski definition) is 2. The zero-order chi connectivity index (χ0) is 20.6. The third-order valence-electron chi connectivity index (χ3n) is 6.93. The lowest BCUT2D eigenvalue weighted by molar-refractivity contribution is -0.116. The molecule has 2 aromatic carbocycles. The van der Waals surface area contributed by atoms with Gasteiger partial charge < -0.3 is 10.6 Å². The fraction of sp³-hybridized carbons (Fsp3) is 0.480. The summed E-state index contributed by atoms with van der Waals surface area (Å²) in [4.78, 5) is 13.9. The van der Waals surface area contributed by atoms with Crippen LogP contribution in [0.2, 0.25) is 0 Å². The van der Waals surface area contributed by atoms with Crippen molar-refractivity contribution < 1.29 is 9.18 Å². The molecule has 2 N–H and O–H groups in total. The van der Waals surface area contributed by atoms with E-state index in [2.05, 4.69) is 51.9 Å². The van der Waals surface area contributed by atoms with Crippen molar-refractivity contribution in [2.24, 2.45) is 0 Å². The summed E-state index contributed by atoms with van der Waals surface area (Å²) in [5.41, 5.74) is 3.69. The zero-order valence-corrected chi connectivity index (χ0v) is 17.4. The van der Waals surface area contributed by atoms with Gasteiger partial charge in [0.1, 0.15) is 5.67 Å². The number of fused-ring (bicyclic) bond motifs is 1. The van der Waals surface area contributed by atoms with Gasteiger partial charge in [-0.1, -0.05) is 42.5 Å². The van der Waals surface area contributed by atoms with E-state index in [0.717, 1.165) is 38.2 Å². The summed E-state index contributed by atoms with van der Waals surface area (Å²) in [5, 5.41) is 6.45. The normalized spacial score (nSPS) is 25.4. The molecule has 2 fully saturated rings. The fourth-order valence-corrected chi connectivity index (χ4v) is 4.87. The zero-order valence-electron chi connectivity index (χ0n) is 17.4. The van der Waals surface area contributed by atoms with Gasteiger partial charge in [-0.2, -0.15) is 0 Å². The maximum absolute atomic E-state index is 15.3. The Bertz CT molecular complexity index is 908. The second-order valence-electron chi connectivity index (χ2n) is 9.21. The largest absolute Gasteiger partial charge is 0.326 e. The molecule has 5 heteroatoms. The van der Waals surface area contributed by atoms with E-state index in [0.29, 0.717) is 37.8 Å². The van der Waals surface area contributed by atoms with Gasteiger partial charge in [-0.3, -0.25) is 9.69 Å². The van der Waals surface area contributed by atoms with Crippen LogP contribution in [0, 0.1) is 0 Å². The van der Waals surface area contributed by atoms with Crippen LogP contribution in [0.5, 0.6) is 0 Å². The van der Waals surface area contributed by atoms with Gasteiger partial charge >= 0.3 is 0 Å². The van der Waals surface area contributed by atoms with Crippen molar-refractivity contribution in [2.75, 3.05) is 25.0 Å². The van der Waals surface area contributed by atoms with E-state index in [1.54, 1.807) is 0 Å². The second kappa shape index (κ2) is 8.12. The van der Waals surface area contributed by atoms with E-state index in [9.17, 15) is 4.79 Å². The minimum absolute atomic E-state index is 0.101. The van der Waals surface area contributed by atoms with Crippen LogP contribution in [0.15, 0.2) is 48.5 Å². The summed E-state index contributed by atoms with van der Waals surface area (Å²) in [7, 11) is 0. The summed E-state index contributed by atoms with van der Waals surface area (Å²) in [6.07, 6.45) is 3.65. The Morgan fingerprint density at radius 1 is 1.10 bits per heavy atom. The molecular formula is C25H30FN3O. The second-order valence-corrected chi connectivity index (χ2v) is 9.21. The lowest BCUT2D eigenvalue weighted by Crippen LogP contribution is -2.47. The van der Waals surface area contributed by atoms with E-state index in [4.69, 9.17) is 0 Å². The smallest absolute Gasteiger partial charge is 0.224 e. The van der Waals surface area contributed by atoms with Gasteiger partial charge in [-0.15, -0.1) is 0 Å². The molecule has 0 bridgehead atoms. The Hall–Kier alpha value is -2.24. The third kappa shape index (κ3) is 4.42. The highest BCUT2D eigenvalue weighted by Crippen LogP contribution is 2.43. The number of hydrogen-bond acceptors (Lipinski definition) is 3. The molecule has 2 atom stereocenters. The highest BCUT2D eigenvalue weighted by Gasteiger charge is 2.41. The average Bonchev–Trinajstić information content (AvgIpc) is 3.55. The molecule has 2 aliphatic heterocycles. The van der Waals surface area contributed by atoms with Crippen LogP contribution in [-0.2, 0) is 17.8 Å². The van der Waals surface area contributed by atoms with Crippen LogP contribution in [-0.4, -0.2) is 42.2 Å². The number of alkyl halides is 1. The van der Waals surface area contributed by atoms with Crippen molar-refractivity contribution in [3.63, 3.8) is 0 Å². The van der Waals surface area contributed by atoms with Gasteiger partial charge in [0, 0.05) is 50.2 Å². The first kappa shape index (κ1) is 19.7. The van der Waals surface area contributed by atoms with Crippen molar-refractivity contribution in [1.82, 2.24) is 10.2 Å². The Kier molecular flexibility index (Phi) is 5.34. The van der Waals surface area contributed by atoms with Gasteiger partial charge in [0.15, 0.2) is 0 Å². The topological polar surface area (TPSA) is 44.4 Å². The summed E-state index contributed by atoms with van der Waals surface area (Å²) >= 11 is 0. The highest BCUT2D eigenvalue weighted by molar-refractivity contribution is 5.93. The van der Waals surface area contributed by atoms with E-state index in [1.807, 2.05) is 12.1 Å². The minimum atomic E-state index is -1.10. The molecule has 2 aromatic rings. The number of aryl methyl sites for hydroxylation is 1. The van der Waals surface area contributed by atoms with Crippen molar-refractivity contribution >= 4 is 11.6 Å². The predicted octanol–water partition coefficient (Wildman–Crippen LogP) is 4.02. The number of amides is 1. The number of rotatable bonds is 6. The first-order chi connectivity index (χ1) is 14.6. The lowest BCUT2D eigenvalue weighted by atomic mass is 9.92. The van der Waals surface area contributed by atoms with Crippen molar-refractivity contribution in [2.45, 2.75) is 56.3 Å². The third-order valence-corrected chi connectivity index (χ3v) is 6.93. The number of benzene rings is 2. The maximum atomic E-state index is 15.3. The molecule has 2 heterocycles. The van der Waals surface area contributed by atoms with Gasteiger partial charge in [0.05, 0.1) is 0 Å². The monoisotopic (exact) mass is 407 g/mol. The fourth-order valence-electron chi connectivity index (χ4n) is 4.87. The predicted molar refractivity (Wildman–Crippen MR) is 117 cm³/mol. The summed E-state index contributed by atoms with van der Waals surface area (Å²) < 4.78 is 15.3. The number of nitrogens with zero attached hydrogens (tertiary/aromatic N) is 1. The molecule has 3 aliphatic rings. The number of halogens is 1. The molecule has 0 aromatic heterocycles. The van der Waals surface area contributed by atoms with Crippen molar-refractivity contribution in [1.29, 1.82) is 0 Å². The summed E-state index contributed by atoms with van der Waals surface area (Å²) in [6.45, 7) is 3.00. The Labute approximate surface area is 177 Å². The molecule has 2 unspecified atom stereocenters. The maximum Gasteiger partial charge on any atom is 0.224 e. The quantitative estimate of drug-likeness (QED) is 0.760. The molecular weight excluding hydrogens is 377 g/mol. The number of anilines is 1. The summed E-state index contributed by atoms with van der Waals surface area (Å²) in [5.74, 6) is 0.568. The van der Waals surface area contributed by atoms with Crippen LogP contribution >= 0.6 is 0 Å². The van der Waals surface area contributed by atoms with Crippen LogP contribution < -0.4 is 10.6 Å². The van der Waals surface area contributed by atoms with Crippen LogP contribution in [0.3, 0.4) is 0 Å². The van der Waals surface area contributed by atoms with E-state index in [-0.39, 0.29) is 5.91 Å². The highest BCUT2D eigenvalue weighted by atomic mass is 19.1. The summed E-state index contributed by atoms with van der Waals surface area (Å²) in [6, 6.07) is 17.2. The number of carbonyl (C=O) groups is 1. The number of likely N-dealkylation sites (tertiary alicyclic amines) is 1. The SMILES string of the molecule is O=C1CCc2cc(C3CC3NCC3(F)CCN(Cc4ccccc4)CC3)ccc2N1.